The number of benzene rings is 3. The summed E-state index contributed by atoms with van der Waals surface area (Å²) in [6.07, 6.45) is 1.98. The van der Waals surface area contributed by atoms with Crippen molar-refractivity contribution in [3.05, 3.63) is 88.4 Å². The zero-order valence-corrected chi connectivity index (χ0v) is 16.9. The van der Waals surface area contributed by atoms with Crippen LogP contribution in [0, 0.1) is 0 Å². The molecular weight excluding hydrogens is 424 g/mol. The largest absolute Gasteiger partial charge is 0.322 e. The Bertz CT molecular complexity index is 991. The highest BCUT2D eigenvalue weighted by molar-refractivity contribution is 9.10. The number of hydrogen-bond donors (Lipinski definition) is 2. The molecule has 6 heteroatoms. The molecule has 136 valence electrons. The van der Waals surface area contributed by atoms with Gasteiger partial charge in [0.25, 0.3) is 11.8 Å². The van der Waals surface area contributed by atoms with E-state index >= 15 is 0 Å². The Morgan fingerprint density at radius 2 is 1.33 bits per heavy atom. The normalized spacial score (nSPS) is 10.3. The van der Waals surface area contributed by atoms with E-state index in [9.17, 15) is 9.59 Å². The first kappa shape index (κ1) is 19.2. The van der Waals surface area contributed by atoms with Gasteiger partial charge in [-0.25, -0.2) is 0 Å². The standard InChI is InChI=1S/C21H17BrN2O2S/c1-27-19-10-4-9-18(13-19)24-21(26)15-6-3-8-17(12-15)23-20(25)14-5-2-7-16(22)11-14/h2-13H,1H3,(H,23,25)(H,24,26). The Morgan fingerprint density at radius 3 is 1.96 bits per heavy atom. The summed E-state index contributed by atoms with van der Waals surface area (Å²) in [5, 5.41) is 5.70. The van der Waals surface area contributed by atoms with E-state index in [2.05, 4.69) is 26.6 Å². The van der Waals surface area contributed by atoms with Crippen molar-refractivity contribution in [2.75, 3.05) is 16.9 Å². The van der Waals surface area contributed by atoms with Gasteiger partial charge in [-0.05, 0) is 60.9 Å². The van der Waals surface area contributed by atoms with Crippen LogP contribution in [-0.2, 0) is 0 Å². The molecule has 0 fully saturated rings. The second-order valence-electron chi connectivity index (χ2n) is 5.73. The SMILES string of the molecule is CSc1cccc(NC(=O)c2cccc(NC(=O)c3cccc(Br)c3)c2)c1. The molecule has 2 N–H and O–H groups in total. The first-order valence-electron chi connectivity index (χ1n) is 8.17. The van der Waals surface area contributed by atoms with E-state index in [-0.39, 0.29) is 11.8 Å². The Labute approximate surface area is 170 Å². The molecule has 4 nitrogen and oxygen atoms in total. The molecule has 3 aromatic rings. The van der Waals surface area contributed by atoms with Crippen LogP contribution in [0.15, 0.2) is 82.2 Å². The van der Waals surface area contributed by atoms with E-state index in [0.29, 0.717) is 16.8 Å². The van der Waals surface area contributed by atoms with Crippen LogP contribution >= 0.6 is 27.7 Å². The predicted molar refractivity (Wildman–Crippen MR) is 115 cm³/mol. The number of amides is 2. The maximum absolute atomic E-state index is 12.5. The van der Waals surface area contributed by atoms with Gasteiger partial charge in [-0.3, -0.25) is 9.59 Å². The average molecular weight is 441 g/mol. The van der Waals surface area contributed by atoms with Gasteiger partial charge < -0.3 is 10.6 Å². The second-order valence-corrected chi connectivity index (χ2v) is 7.53. The summed E-state index contributed by atoms with van der Waals surface area (Å²) >= 11 is 4.97. The van der Waals surface area contributed by atoms with Gasteiger partial charge in [0.1, 0.15) is 0 Å². The van der Waals surface area contributed by atoms with E-state index < -0.39 is 0 Å². The van der Waals surface area contributed by atoms with Crippen molar-refractivity contribution in [3.63, 3.8) is 0 Å². The van der Waals surface area contributed by atoms with Crippen molar-refractivity contribution in [2.24, 2.45) is 0 Å². The van der Waals surface area contributed by atoms with Crippen LogP contribution in [0.3, 0.4) is 0 Å². The molecule has 3 aromatic carbocycles. The fourth-order valence-electron chi connectivity index (χ4n) is 2.48. The lowest BCUT2D eigenvalue weighted by Gasteiger charge is -2.09. The van der Waals surface area contributed by atoms with E-state index in [1.54, 1.807) is 54.2 Å². The summed E-state index contributed by atoms with van der Waals surface area (Å²) in [7, 11) is 0. The van der Waals surface area contributed by atoms with Crippen LogP contribution in [0.5, 0.6) is 0 Å². The third kappa shape index (κ3) is 5.21. The Hall–Kier alpha value is -2.57. The fraction of sp³-hybridized carbons (Fsp3) is 0.0476. The van der Waals surface area contributed by atoms with Gasteiger partial charge in [-0.2, -0.15) is 0 Å². The first-order valence-corrected chi connectivity index (χ1v) is 10.2. The van der Waals surface area contributed by atoms with Gasteiger partial charge in [-0.1, -0.05) is 34.1 Å². The van der Waals surface area contributed by atoms with Gasteiger partial charge in [0, 0.05) is 31.9 Å². The summed E-state index contributed by atoms with van der Waals surface area (Å²) in [6.45, 7) is 0. The lowest BCUT2D eigenvalue weighted by atomic mass is 10.1. The van der Waals surface area contributed by atoms with E-state index in [1.807, 2.05) is 36.6 Å². The van der Waals surface area contributed by atoms with Crippen molar-refractivity contribution in [2.45, 2.75) is 4.90 Å². The van der Waals surface area contributed by atoms with Gasteiger partial charge in [-0.15, -0.1) is 11.8 Å². The first-order chi connectivity index (χ1) is 13.0. The summed E-state index contributed by atoms with van der Waals surface area (Å²) < 4.78 is 0.829. The minimum absolute atomic E-state index is 0.230. The van der Waals surface area contributed by atoms with Crippen molar-refractivity contribution in [1.29, 1.82) is 0 Å². The third-order valence-electron chi connectivity index (χ3n) is 3.80. The van der Waals surface area contributed by atoms with Crippen LogP contribution in [-0.4, -0.2) is 18.1 Å². The monoisotopic (exact) mass is 440 g/mol. The van der Waals surface area contributed by atoms with Gasteiger partial charge in [0.15, 0.2) is 0 Å². The van der Waals surface area contributed by atoms with Gasteiger partial charge >= 0.3 is 0 Å². The summed E-state index contributed by atoms with van der Waals surface area (Å²) in [5.41, 5.74) is 2.30. The number of carbonyl (C=O) groups is 2. The number of thioether (sulfide) groups is 1. The molecule has 0 heterocycles. The third-order valence-corrected chi connectivity index (χ3v) is 5.02. The fourth-order valence-corrected chi connectivity index (χ4v) is 3.33. The van der Waals surface area contributed by atoms with E-state index in [1.165, 1.54) is 0 Å². The number of hydrogen-bond acceptors (Lipinski definition) is 3. The highest BCUT2D eigenvalue weighted by Crippen LogP contribution is 2.20. The Balaban J connectivity index is 1.72. The number of nitrogens with one attached hydrogen (secondary N) is 2. The minimum Gasteiger partial charge on any atom is -0.322 e. The van der Waals surface area contributed by atoms with Gasteiger partial charge in [0.05, 0.1) is 0 Å². The molecule has 27 heavy (non-hydrogen) atoms. The number of halogens is 1. The molecule has 3 rings (SSSR count). The lowest BCUT2D eigenvalue weighted by molar-refractivity contribution is 0.101. The van der Waals surface area contributed by atoms with Crippen molar-refractivity contribution in [3.8, 4) is 0 Å². The van der Waals surface area contributed by atoms with Crippen LogP contribution in [0.2, 0.25) is 0 Å². The highest BCUT2D eigenvalue weighted by atomic mass is 79.9. The van der Waals surface area contributed by atoms with Crippen molar-refractivity contribution >= 4 is 50.9 Å². The molecule has 0 unspecified atom stereocenters. The summed E-state index contributed by atoms with van der Waals surface area (Å²) in [6, 6.07) is 21.6. The molecule has 0 spiro atoms. The molecule has 0 aliphatic rings. The van der Waals surface area contributed by atoms with Crippen LogP contribution in [0.4, 0.5) is 11.4 Å². The van der Waals surface area contributed by atoms with Crippen LogP contribution in [0.1, 0.15) is 20.7 Å². The van der Waals surface area contributed by atoms with Crippen LogP contribution in [0.25, 0.3) is 0 Å². The smallest absolute Gasteiger partial charge is 0.255 e. The molecular formula is C21H17BrN2O2S. The molecule has 0 saturated heterocycles. The van der Waals surface area contributed by atoms with Crippen LogP contribution < -0.4 is 10.6 Å². The molecule has 0 aromatic heterocycles. The molecule has 0 aliphatic heterocycles. The molecule has 0 aliphatic carbocycles. The number of carbonyl (C=O) groups excluding carboxylic acids is 2. The molecule has 0 saturated carbocycles. The number of anilines is 2. The van der Waals surface area contributed by atoms with E-state index in [4.69, 9.17) is 0 Å². The maximum atomic E-state index is 12.5. The van der Waals surface area contributed by atoms with Crippen molar-refractivity contribution < 1.29 is 9.59 Å². The quantitative estimate of drug-likeness (QED) is 0.502. The Morgan fingerprint density at radius 1 is 0.778 bits per heavy atom. The number of rotatable bonds is 5. The molecule has 2 amide bonds. The molecule has 0 atom stereocenters. The molecule has 0 bridgehead atoms. The summed E-state index contributed by atoms with van der Waals surface area (Å²) in [4.78, 5) is 26.0. The molecule has 0 radical (unpaired) electrons. The predicted octanol–water partition coefficient (Wildman–Crippen LogP) is 5.68. The van der Waals surface area contributed by atoms with Crippen molar-refractivity contribution in [1.82, 2.24) is 0 Å². The van der Waals surface area contributed by atoms with Gasteiger partial charge in [0.2, 0.25) is 0 Å². The highest BCUT2D eigenvalue weighted by Gasteiger charge is 2.10. The maximum Gasteiger partial charge on any atom is 0.255 e. The zero-order valence-electron chi connectivity index (χ0n) is 14.5. The topological polar surface area (TPSA) is 58.2 Å². The average Bonchev–Trinajstić information content (AvgIpc) is 2.68. The second kappa shape index (κ2) is 8.88. The minimum atomic E-state index is -0.235. The summed E-state index contributed by atoms with van der Waals surface area (Å²) in [5.74, 6) is -0.465. The zero-order chi connectivity index (χ0) is 19.2. The van der Waals surface area contributed by atoms with E-state index in [0.717, 1.165) is 15.1 Å². The lowest BCUT2D eigenvalue weighted by Crippen LogP contribution is -2.14. The Kier molecular flexibility index (Phi) is 6.32.